The maximum Gasteiger partial charge on any atom is 0.255 e. The van der Waals surface area contributed by atoms with E-state index in [1.165, 1.54) is 32.1 Å². The van der Waals surface area contributed by atoms with E-state index in [-0.39, 0.29) is 5.91 Å². The summed E-state index contributed by atoms with van der Waals surface area (Å²) >= 11 is 6.10. The molecule has 0 unspecified atom stereocenters. The minimum absolute atomic E-state index is 0.0106. The molecule has 1 aromatic carbocycles. The Kier molecular flexibility index (Phi) is 5.51. The van der Waals surface area contributed by atoms with Crippen molar-refractivity contribution in [1.29, 1.82) is 0 Å². The van der Waals surface area contributed by atoms with E-state index >= 15 is 0 Å². The number of carbonyl (C=O) groups excluding carboxylic acids is 1. The summed E-state index contributed by atoms with van der Waals surface area (Å²) in [6, 6.07) is 5.90. The molecule has 1 fully saturated rings. The van der Waals surface area contributed by atoms with Gasteiger partial charge in [-0.15, -0.1) is 0 Å². The normalized spacial score (nSPS) is 21.9. The molecule has 1 N–H and O–H groups in total. The summed E-state index contributed by atoms with van der Waals surface area (Å²) in [6.07, 6.45) is 6.15. The average molecular weight is 309 g/mol. The lowest BCUT2D eigenvalue weighted by Crippen LogP contribution is -2.28. The van der Waals surface area contributed by atoms with Gasteiger partial charge in [-0.3, -0.25) is 4.79 Å². The molecule has 3 nitrogen and oxygen atoms in total. The molecular formula is C17H25ClN2O. The summed E-state index contributed by atoms with van der Waals surface area (Å²) in [5.74, 6) is 0.877. The molecule has 0 heterocycles. The lowest BCUT2D eigenvalue weighted by atomic mass is 9.84. The van der Waals surface area contributed by atoms with Crippen LogP contribution < -0.4 is 5.32 Å². The summed E-state index contributed by atoms with van der Waals surface area (Å²) in [4.78, 5) is 13.9. The first-order valence-corrected chi connectivity index (χ1v) is 8.16. The zero-order valence-electron chi connectivity index (χ0n) is 13.2. The van der Waals surface area contributed by atoms with Crippen molar-refractivity contribution in [2.24, 2.45) is 5.92 Å². The quantitative estimate of drug-likeness (QED) is 0.893. The van der Waals surface area contributed by atoms with Crippen LogP contribution in [0, 0.1) is 5.92 Å². The van der Waals surface area contributed by atoms with Crippen LogP contribution in [0.25, 0.3) is 0 Å². The van der Waals surface area contributed by atoms with Gasteiger partial charge in [-0.25, -0.2) is 0 Å². The number of carbonyl (C=O) groups is 1. The summed E-state index contributed by atoms with van der Waals surface area (Å²) in [5, 5.41) is 4.20. The highest BCUT2D eigenvalue weighted by Gasteiger charge is 2.22. The van der Waals surface area contributed by atoms with Crippen LogP contribution in [0.2, 0.25) is 5.02 Å². The second kappa shape index (κ2) is 7.17. The molecule has 0 spiro atoms. The van der Waals surface area contributed by atoms with Gasteiger partial charge in [-0.05, 0) is 49.8 Å². The van der Waals surface area contributed by atoms with E-state index in [0.717, 1.165) is 11.6 Å². The summed E-state index contributed by atoms with van der Waals surface area (Å²) < 4.78 is 0. The van der Waals surface area contributed by atoms with Gasteiger partial charge in [-0.1, -0.05) is 24.9 Å². The number of anilines is 1. The van der Waals surface area contributed by atoms with Crippen LogP contribution in [0.1, 0.15) is 49.4 Å². The second-order valence-corrected chi connectivity index (χ2v) is 6.60. The van der Waals surface area contributed by atoms with Gasteiger partial charge in [0.15, 0.2) is 0 Å². The second-order valence-electron chi connectivity index (χ2n) is 6.16. The van der Waals surface area contributed by atoms with Crippen LogP contribution in [0.5, 0.6) is 0 Å². The minimum atomic E-state index is 0.0106. The van der Waals surface area contributed by atoms with Crippen LogP contribution >= 0.6 is 11.6 Å². The van der Waals surface area contributed by atoms with Gasteiger partial charge in [0.2, 0.25) is 0 Å². The Morgan fingerprint density at radius 2 is 1.95 bits per heavy atom. The minimum Gasteiger partial charge on any atom is -0.382 e. The highest BCUT2D eigenvalue weighted by atomic mass is 35.5. The molecule has 4 heteroatoms. The Hall–Kier alpha value is -1.22. The fourth-order valence-electron chi connectivity index (χ4n) is 3.00. The van der Waals surface area contributed by atoms with Crippen molar-refractivity contribution in [2.75, 3.05) is 19.4 Å². The fraction of sp³-hybridized carbons (Fsp3) is 0.588. The molecule has 0 aromatic heterocycles. The first-order chi connectivity index (χ1) is 10.0. The van der Waals surface area contributed by atoms with Crippen LogP contribution in [0.15, 0.2) is 18.2 Å². The molecule has 116 valence electrons. The third-order valence-corrected chi connectivity index (χ3v) is 4.64. The van der Waals surface area contributed by atoms with Crippen molar-refractivity contribution in [1.82, 2.24) is 4.90 Å². The van der Waals surface area contributed by atoms with E-state index in [9.17, 15) is 4.79 Å². The number of hydrogen-bond acceptors (Lipinski definition) is 2. The number of hydrogen-bond donors (Lipinski definition) is 1. The predicted octanol–water partition coefficient (Wildman–Crippen LogP) is 4.42. The molecule has 1 aliphatic carbocycles. The van der Waals surface area contributed by atoms with Crippen LogP contribution in [0.3, 0.4) is 0 Å². The monoisotopic (exact) mass is 308 g/mol. The van der Waals surface area contributed by atoms with Crippen molar-refractivity contribution in [3.63, 3.8) is 0 Å². The number of nitrogens with zero attached hydrogens (tertiary/aromatic N) is 1. The number of amides is 1. The highest BCUT2D eigenvalue weighted by Crippen LogP contribution is 2.30. The molecule has 1 aliphatic rings. The van der Waals surface area contributed by atoms with Gasteiger partial charge in [0.05, 0.1) is 5.56 Å². The first-order valence-electron chi connectivity index (χ1n) is 7.79. The Morgan fingerprint density at radius 3 is 2.52 bits per heavy atom. The van der Waals surface area contributed by atoms with Crippen molar-refractivity contribution in [3.8, 4) is 0 Å². The summed E-state index contributed by atoms with van der Waals surface area (Å²) in [7, 11) is 3.54. The first kappa shape index (κ1) is 16.2. The topological polar surface area (TPSA) is 32.3 Å². The molecule has 0 bridgehead atoms. The highest BCUT2D eigenvalue weighted by molar-refractivity contribution is 6.31. The Labute approximate surface area is 132 Å². The molecule has 1 saturated carbocycles. The lowest BCUT2D eigenvalue weighted by molar-refractivity contribution is 0.0828. The third-order valence-electron chi connectivity index (χ3n) is 4.40. The van der Waals surface area contributed by atoms with Crippen molar-refractivity contribution in [3.05, 3.63) is 28.8 Å². The van der Waals surface area contributed by atoms with E-state index in [1.54, 1.807) is 25.1 Å². The molecule has 0 atom stereocenters. The van der Waals surface area contributed by atoms with Crippen molar-refractivity contribution < 1.29 is 4.79 Å². The lowest BCUT2D eigenvalue weighted by Gasteiger charge is -2.30. The standard InChI is InChI=1S/C17H25ClN2O/c1-4-12-5-8-14(9-6-12)19-16-11-13(18)7-10-15(16)17(21)20(2)3/h7,10-12,14,19H,4-6,8-9H2,1-3H3. The number of benzene rings is 1. The molecule has 21 heavy (non-hydrogen) atoms. The zero-order valence-corrected chi connectivity index (χ0v) is 13.9. The van der Waals surface area contributed by atoms with E-state index in [1.807, 2.05) is 12.1 Å². The smallest absolute Gasteiger partial charge is 0.255 e. The number of halogens is 1. The average Bonchev–Trinajstić information content (AvgIpc) is 2.47. The van der Waals surface area contributed by atoms with Gasteiger partial charge in [-0.2, -0.15) is 0 Å². The SMILES string of the molecule is CCC1CCC(Nc2cc(Cl)ccc2C(=O)N(C)C)CC1. The molecule has 0 saturated heterocycles. The van der Waals surface area contributed by atoms with E-state index in [4.69, 9.17) is 11.6 Å². The Bertz CT molecular complexity index is 494. The van der Waals surface area contributed by atoms with Gasteiger partial charge in [0.25, 0.3) is 5.91 Å². The molecule has 0 aliphatic heterocycles. The molecule has 1 amide bonds. The molecule has 2 rings (SSSR count). The van der Waals surface area contributed by atoms with Crippen molar-refractivity contribution >= 4 is 23.2 Å². The van der Waals surface area contributed by atoms with Crippen LogP contribution in [0.4, 0.5) is 5.69 Å². The maximum absolute atomic E-state index is 12.3. The maximum atomic E-state index is 12.3. The molecule has 0 radical (unpaired) electrons. The van der Waals surface area contributed by atoms with Crippen LogP contribution in [-0.4, -0.2) is 30.9 Å². The van der Waals surface area contributed by atoms with Gasteiger partial charge in [0, 0.05) is 30.8 Å². The Balaban J connectivity index is 2.12. The van der Waals surface area contributed by atoms with E-state index in [0.29, 0.717) is 16.6 Å². The van der Waals surface area contributed by atoms with Gasteiger partial charge < -0.3 is 10.2 Å². The van der Waals surface area contributed by atoms with Crippen molar-refractivity contribution in [2.45, 2.75) is 45.1 Å². The summed E-state index contributed by atoms with van der Waals surface area (Å²) in [5.41, 5.74) is 1.56. The third kappa shape index (κ3) is 4.13. The molecular weight excluding hydrogens is 284 g/mol. The van der Waals surface area contributed by atoms with Crippen LogP contribution in [-0.2, 0) is 0 Å². The summed E-state index contributed by atoms with van der Waals surface area (Å²) in [6.45, 7) is 2.27. The number of nitrogens with one attached hydrogen (secondary N) is 1. The zero-order chi connectivity index (χ0) is 15.4. The molecule has 1 aromatic rings. The fourth-order valence-corrected chi connectivity index (χ4v) is 3.17. The van der Waals surface area contributed by atoms with Gasteiger partial charge in [0.1, 0.15) is 0 Å². The largest absolute Gasteiger partial charge is 0.382 e. The Morgan fingerprint density at radius 1 is 1.29 bits per heavy atom. The van der Waals surface area contributed by atoms with E-state index < -0.39 is 0 Å². The van der Waals surface area contributed by atoms with Gasteiger partial charge >= 0.3 is 0 Å². The van der Waals surface area contributed by atoms with E-state index in [2.05, 4.69) is 12.2 Å². The number of rotatable bonds is 4. The predicted molar refractivity (Wildman–Crippen MR) is 89.1 cm³/mol.